The maximum absolute atomic E-state index is 12.5. The van der Waals surface area contributed by atoms with Gasteiger partial charge in [0.15, 0.2) is 0 Å². The number of nitrogens with one attached hydrogen (secondary N) is 1. The summed E-state index contributed by atoms with van der Waals surface area (Å²) in [6, 6.07) is 3.89. The third-order valence-corrected chi connectivity index (χ3v) is 1.49. The van der Waals surface area contributed by atoms with E-state index in [0.717, 1.165) is 0 Å². The second-order valence-corrected chi connectivity index (χ2v) is 2.22. The van der Waals surface area contributed by atoms with Gasteiger partial charge in [-0.3, -0.25) is 10.2 Å². The number of fused-ring (bicyclic) bond motifs is 1. The van der Waals surface area contributed by atoms with Crippen LogP contribution in [0.4, 0.5) is 10.1 Å². The van der Waals surface area contributed by atoms with E-state index in [9.17, 15) is 9.18 Å². The van der Waals surface area contributed by atoms with Gasteiger partial charge < -0.3 is 0 Å². The van der Waals surface area contributed by atoms with Crippen LogP contribution in [0.25, 0.3) is 0 Å². The molecule has 55 valence electrons. The molecule has 0 saturated heterocycles. The summed E-state index contributed by atoms with van der Waals surface area (Å²) in [4.78, 5) is 10.8. The minimum atomic E-state index is -0.374. The maximum Gasteiger partial charge on any atom is 0.295 e. The van der Waals surface area contributed by atoms with Crippen molar-refractivity contribution in [2.24, 2.45) is 0 Å². The normalized spacial score (nSPS) is 13.7. The van der Waals surface area contributed by atoms with Crippen LogP contribution in [-0.4, -0.2) is 5.91 Å². The van der Waals surface area contributed by atoms with E-state index in [0.29, 0.717) is 11.3 Å². The van der Waals surface area contributed by atoms with E-state index in [2.05, 4.69) is 10.9 Å². The highest BCUT2D eigenvalue weighted by Crippen LogP contribution is 2.20. The number of halogens is 1. The molecule has 0 atom stereocenters. The molecule has 0 bridgehead atoms. The van der Waals surface area contributed by atoms with E-state index in [1.165, 1.54) is 18.2 Å². The van der Waals surface area contributed by atoms with Gasteiger partial charge >= 0.3 is 0 Å². The molecular weight excluding hydrogens is 147 g/mol. The van der Waals surface area contributed by atoms with Crippen LogP contribution in [0.1, 0.15) is 10.4 Å². The van der Waals surface area contributed by atoms with E-state index < -0.39 is 0 Å². The minimum Gasteiger partial charge on any atom is -0.274 e. The third kappa shape index (κ3) is 0.832. The quantitative estimate of drug-likeness (QED) is 0.598. The van der Waals surface area contributed by atoms with Crippen molar-refractivity contribution in [3.63, 3.8) is 0 Å². The first-order valence-electron chi connectivity index (χ1n) is 3.08. The number of anilines is 1. The van der Waals surface area contributed by atoms with Gasteiger partial charge in [0, 0.05) is 0 Å². The van der Waals surface area contributed by atoms with Gasteiger partial charge in [0.2, 0.25) is 0 Å². The summed E-state index contributed by atoms with van der Waals surface area (Å²) in [7, 11) is 0. The monoisotopic (exact) mass is 151 g/mol. The predicted octanol–water partition coefficient (Wildman–Crippen LogP) is 0.911. The van der Waals surface area contributed by atoms with Crippen molar-refractivity contribution >= 4 is 11.6 Å². The molecule has 1 heterocycles. The standard InChI is InChI=1S/C7H4FN2O/c8-4-1-2-5-6(3-4)9-10-7(5)11/h1-3,9H. The van der Waals surface area contributed by atoms with Crippen LogP contribution < -0.4 is 10.9 Å². The number of nitrogens with zero attached hydrogens (tertiary/aromatic N) is 1. The van der Waals surface area contributed by atoms with E-state index in [4.69, 9.17) is 0 Å². The lowest BCUT2D eigenvalue weighted by Crippen LogP contribution is -2.10. The van der Waals surface area contributed by atoms with E-state index in [1.807, 2.05) is 0 Å². The molecule has 0 saturated carbocycles. The Morgan fingerprint density at radius 3 is 3.09 bits per heavy atom. The van der Waals surface area contributed by atoms with Crippen molar-refractivity contribution in [1.82, 2.24) is 5.43 Å². The van der Waals surface area contributed by atoms with Crippen LogP contribution in [0.5, 0.6) is 0 Å². The molecule has 0 unspecified atom stereocenters. The number of hydrogen-bond acceptors (Lipinski definition) is 2. The van der Waals surface area contributed by atoms with Crippen LogP contribution in [-0.2, 0) is 0 Å². The Balaban J connectivity index is 2.59. The molecule has 1 aromatic carbocycles. The molecule has 1 aliphatic rings. The Morgan fingerprint density at radius 1 is 1.45 bits per heavy atom. The van der Waals surface area contributed by atoms with Gasteiger partial charge in [0.25, 0.3) is 5.91 Å². The molecule has 1 radical (unpaired) electrons. The summed E-state index contributed by atoms with van der Waals surface area (Å²) in [5, 5.41) is 0. The smallest absolute Gasteiger partial charge is 0.274 e. The van der Waals surface area contributed by atoms with Gasteiger partial charge in [-0.05, 0) is 18.2 Å². The van der Waals surface area contributed by atoms with Gasteiger partial charge in [-0.25, -0.2) is 4.39 Å². The topological polar surface area (TPSA) is 43.2 Å². The fourth-order valence-corrected chi connectivity index (χ4v) is 0.967. The molecule has 0 aliphatic carbocycles. The first-order valence-corrected chi connectivity index (χ1v) is 3.08. The molecule has 11 heavy (non-hydrogen) atoms. The number of amides is 1. The number of rotatable bonds is 0. The zero-order chi connectivity index (χ0) is 7.84. The number of hydrogen-bond donors (Lipinski definition) is 1. The van der Waals surface area contributed by atoms with E-state index in [1.54, 1.807) is 0 Å². The molecule has 3 nitrogen and oxygen atoms in total. The van der Waals surface area contributed by atoms with Crippen molar-refractivity contribution in [1.29, 1.82) is 0 Å². The van der Waals surface area contributed by atoms with Gasteiger partial charge in [-0.15, -0.1) is 5.43 Å². The summed E-state index contributed by atoms with van der Waals surface area (Å²) in [6.07, 6.45) is 0. The highest BCUT2D eigenvalue weighted by Gasteiger charge is 2.20. The first-order chi connectivity index (χ1) is 5.27. The van der Waals surface area contributed by atoms with Gasteiger partial charge in [0.05, 0.1) is 11.3 Å². The maximum atomic E-state index is 12.5. The van der Waals surface area contributed by atoms with Gasteiger partial charge in [0.1, 0.15) is 5.82 Å². The van der Waals surface area contributed by atoms with Crippen LogP contribution in [0.15, 0.2) is 18.2 Å². The Kier molecular flexibility index (Phi) is 1.09. The summed E-state index contributed by atoms with van der Waals surface area (Å²) in [5.74, 6) is -0.721. The molecule has 1 amide bonds. The lowest BCUT2D eigenvalue weighted by atomic mass is 10.2. The average molecular weight is 151 g/mol. The fourth-order valence-electron chi connectivity index (χ4n) is 0.967. The molecular formula is C7H4FN2O. The molecule has 1 N–H and O–H groups in total. The van der Waals surface area contributed by atoms with Crippen molar-refractivity contribution in [2.75, 3.05) is 5.43 Å². The number of carbonyl (C=O) groups is 1. The summed E-state index contributed by atoms with van der Waals surface area (Å²) in [6.45, 7) is 0. The number of carbonyl (C=O) groups excluding carboxylic acids is 1. The van der Waals surface area contributed by atoms with Crippen LogP contribution in [0.2, 0.25) is 0 Å². The summed E-state index contributed by atoms with van der Waals surface area (Å²) in [5.41, 5.74) is 6.68. The lowest BCUT2D eigenvalue weighted by molar-refractivity contribution is 0.0969. The molecule has 4 heteroatoms. The van der Waals surface area contributed by atoms with Crippen LogP contribution in [0, 0.1) is 5.82 Å². The van der Waals surface area contributed by atoms with E-state index >= 15 is 0 Å². The SMILES string of the molecule is O=C1[N]Nc2cc(F)ccc21. The molecule has 0 fully saturated rings. The van der Waals surface area contributed by atoms with E-state index in [-0.39, 0.29) is 11.7 Å². The fraction of sp³-hybridized carbons (Fsp3) is 0. The van der Waals surface area contributed by atoms with Crippen molar-refractivity contribution in [2.45, 2.75) is 0 Å². The lowest BCUT2D eigenvalue weighted by Gasteiger charge is -1.93. The van der Waals surface area contributed by atoms with Gasteiger partial charge in [-0.2, -0.15) is 0 Å². The van der Waals surface area contributed by atoms with Crippen molar-refractivity contribution in [3.05, 3.63) is 29.6 Å². The minimum absolute atomic E-state index is 0.347. The molecule has 1 aliphatic heterocycles. The highest BCUT2D eigenvalue weighted by molar-refractivity contribution is 6.03. The average Bonchev–Trinajstić information content (AvgIpc) is 2.32. The zero-order valence-corrected chi connectivity index (χ0v) is 5.47. The molecule has 2 rings (SSSR count). The second kappa shape index (κ2) is 1.95. The summed E-state index contributed by atoms with van der Waals surface area (Å²) >= 11 is 0. The third-order valence-electron chi connectivity index (χ3n) is 1.49. The highest BCUT2D eigenvalue weighted by atomic mass is 19.1. The molecule has 1 aromatic rings. The molecule has 0 aromatic heterocycles. The Morgan fingerprint density at radius 2 is 2.27 bits per heavy atom. The largest absolute Gasteiger partial charge is 0.295 e. The predicted molar refractivity (Wildman–Crippen MR) is 36.5 cm³/mol. The first kappa shape index (κ1) is 6.15. The zero-order valence-electron chi connectivity index (χ0n) is 5.47. The number of benzene rings is 1. The molecule has 0 spiro atoms. The van der Waals surface area contributed by atoms with Crippen molar-refractivity contribution < 1.29 is 9.18 Å². The summed E-state index contributed by atoms with van der Waals surface area (Å²) < 4.78 is 12.5. The van der Waals surface area contributed by atoms with Gasteiger partial charge in [-0.1, -0.05) is 0 Å². The second-order valence-electron chi connectivity index (χ2n) is 2.22. The van der Waals surface area contributed by atoms with Crippen LogP contribution in [0.3, 0.4) is 0 Å². The Hall–Kier alpha value is -1.58. The Bertz CT molecular complexity index is 324. The van der Waals surface area contributed by atoms with Crippen LogP contribution >= 0.6 is 0 Å². The Labute approximate surface area is 62.2 Å². The van der Waals surface area contributed by atoms with Crippen molar-refractivity contribution in [3.8, 4) is 0 Å².